The van der Waals surface area contributed by atoms with E-state index in [1.165, 1.54) is 16.7 Å². The summed E-state index contributed by atoms with van der Waals surface area (Å²) < 4.78 is 0. The maximum atomic E-state index is 5.75. The van der Waals surface area contributed by atoms with Gasteiger partial charge in [-0.3, -0.25) is 5.84 Å². The van der Waals surface area contributed by atoms with Crippen molar-refractivity contribution in [3.05, 3.63) is 34.9 Å². The fourth-order valence-electron chi connectivity index (χ4n) is 1.77. The van der Waals surface area contributed by atoms with E-state index in [1.54, 1.807) is 0 Å². The molecule has 1 aliphatic rings. The second-order valence-corrected chi connectivity index (χ2v) is 3.43. The van der Waals surface area contributed by atoms with Crippen LogP contribution >= 0.6 is 0 Å². The van der Waals surface area contributed by atoms with Crippen LogP contribution in [0.2, 0.25) is 0 Å². The average molecular weight is 192 g/mol. The highest BCUT2D eigenvalue weighted by Gasteiger charge is 2.13. The summed E-state index contributed by atoms with van der Waals surface area (Å²) in [6.45, 7) is 8.04. The van der Waals surface area contributed by atoms with Crippen molar-refractivity contribution >= 4 is 0 Å². The van der Waals surface area contributed by atoms with Gasteiger partial charge in [-0.15, -0.1) is 0 Å². The average Bonchev–Trinajstić information content (AvgIpc) is 2.22. The lowest BCUT2D eigenvalue weighted by Gasteiger charge is -2.25. The van der Waals surface area contributed by atoms with E-state index in [9.17, 15) is 0 Å². The van der Waals surface area contributed by atoms with E-state index in [0.29, 0.717) is 0 Å². The van der Waals surface area contributed by atoms with E-state index in [4.69, 9.17) is 5.84 Å². The Bertz CT molecular complexity index is 294. The minimum absolute atomic E-state index is 0.905. The van der Waals surface area contributed by atoms with Gasteiger partial charge in [0.1, 0.15) is 0 Å². The van der Waals surface area contributed by atoms with Gasteiger partial charge in [0, 0.05) is 13.1 Å². The molecule has 2 rings (SSSR count). The molecule has 2 nitrogen and oxygen atoms in total. The number of aryl methyl sites for hydroxylation is 1. The van der Waals surface area contributed by atoms with E-state index >= 15 is 0 Å². The van der Waals surface area contributed by atoms with Crippen molar-refractivity contribution in [1.82, 2.24) is 5.01 Å². The number of hydrazine groups is 1. The normalized spacial score (nSPS) is 15.4. The molecular formula is C12H20N2. The van der Waals surface area contributed by atoms with Crippen LogP contribution in [-0.4, -0.2) is 11.6 Å². The van der Waals surface area contributed by atoms with E-state index < -0.39 is 0 Å². The summed E-state index contributed by atoms with van der Waals surface area (Å²) in [5.41, 5.74) is 4.26. The van der Waals surface area contributed by atoms with Crippen LogP contribution in [0.15, 0.2) is 18.2 Å². The number of hydrogen-bond acceptors (Lipinski definition) is 2. The number of hydrogen-bond donors (Lipinski definition) is 1. The molecule has 1 aromatic carbocycles. The van der Waals surface area contributed by atoms with Crippen molar-refractivity contribution in [3.63, 3.8) is 0 Å². The van der Waals surface area contributed by atoms with Crippen LogP contribution < -0.4 is 5.84 Å². The Morgan fingerprint density at radius 1 is 1.29 bits per heavy atom. The SMILES string of the molecule is CC.Cc1cccc2c1CN(N)CC2. The first-order valence-electron chi connectivity index (χ1n) is 5.34. The van der Waals surface area contributed by atoms with Gasteiger partial charge in [0.15, 0.2) is 0 Å². The molecule has 14 heavy (non-hydrogen) atoms. The van der Waals surface area contributed by atoms with Gasteiger partial charge in [-0.05, 0) is 30.0 Å². The standard InChI is InChI=1S/C10H14N2.C2H6/c1-8-3-2-4-9-5-6-12(11)7-10(8)9;1-2/h2-4H,5-7,11H2,1H3;1-2H3. The largest absolute Gasteiger partial charge is 0.268 e. The first-order chi connectivity index (χ1) is 6.77. The van der Waals surface area contributed by atoms with Crippen LogP contribution in [0.3, 0.4) is 0 Å². The van der Waals surface area contributed by atoms with Crippen LogP contribution in [0.5, 0.6) is 0 Å². The number of nitrogens with two attached hydrogens (primary N) is 1. The molecular weight excluding hydrogens is 172 g/mol. The van der Waals surface area contributed by atoms with Crippen molar-refractivity contribution < 1.29 is 0 Å². The topological polar surface area (TPSA) is 29.3 Å². The van der Waals surface area contributed by atoms with Gasteiger partial charge >= 0.3 is 0 Å². The van der Waals surface area contributed by atoms with Crippen LogP contribution in [0.1, 0.15) is 30.5 Å². The number of benzene rings is 1. The molecule has 78 valence electrons. The van der Waals surface area contributed by atoms with Crippen LogP contribution in [0, 0.1) is 6.92 Å². The summed E-state index contributed by atoms with van der Waals surface area (Å²) in [7, 11) is 0. The zero-order chi connectivity index (χ0) is 10.6. The van der Waals surface area contributed by atoms with Crippen LogP contribution in [-0.2, 0) is 13.0 Å². The maximum absolute atomic E-state index is 5.75. The highest BCUT2D eigenvalue weighted by Crippen LogP contribution is 2.19. The summed E-state index contributed by atoms with van der Waals surface area (Å²) >= 11 is 0. The lowest BCUT2D eigenvalue weighted by molar-refractivity contribution is 0.262. The fourth-order valence-corrected chi connectivity index (χ4v) is 1.77. The van der Waals surface area contributed by atoms with Gasteiger partial charge in [0.25, 0.3) is 0 Å². The summed E-state index contributed by atoms with van der Waals surface area (Å²) in [5, 5.41) is 1.88. The number of nitrogens with zero attached hydrogens (tertiary/aromatic N) is 1. The monoisotopic (exact) mass is 192 g/mol. The molecule has 1 aromatic rings. The number of rotatable bonds is 0. The first kappa shape index (κ1) is 11.2. The third kappa shape index (κ3) is 2.34. The van der Waals surface area contributed by atoms with Crippen molar-refractivity contribution in [2.45, 2.75) is 33.7 Å². The second kappa shape index (κ2) is 5.13. The zero-order valence-electron chi connectivity index (χ0n) is 9.38. The highest BCUT2D eigenvalue weighted by atomic mass is 15.4. The predicted molar refractivity (Wildman–Crippen MR) is 60.8 cm³/mol. The van der Waals surface area contributed by atoms with Gasteiger partial charge < -0.3 is 0 Å². The van der Waals surface area contributed by atoms with Crippen LogP contribution in [0.4, 0.5) is 0 Å². The molecule has 0 aromatic heterocycles. The van der Waals surface area contributed by atoms with E-state index in [1.807, 2.05) is 18.9 Å². The molecule has 0 aliphatic carbocycles. The van der Waals surface area contributed by atoms with Crippen molar-refractivity contribution in [2.75, 3.05) is 6.54 Å². The molecule has 0 spiro atoms. The molecule has 0 bridgehead atoms. The molecule has 0 atom stereocenters. The zero-order valence-corrected chi connectivity index (χ0v) is 9.38. The molecule has 2 N–H and O–H groups in total. The summed E-state index contributed by atoms with van der Waals surface area (Å²) in [6, 6.07) is 6.48. The smallest absolute Gasteiger partial charge is 0.0384 e. The molecule has 0 saturated heterocycles. The van der Waals surface area contributed by atoms with Crippen molar-refractivity contribution in [2.24, 2.45) is 5.84 Å². The second-order valence-electron chi connectivity index (χ2n) is 3.43. The van der Waals surface area contributed by atoms with E-state index in [-0.39, 0.29) is 0 Å². The van der Waals surface area contributed by atoms with Crippen molar-refractivity contribution in [1.29, 1.82) is 0 Å². The summed E-state index contributed by atoms with van der Waals surface area (Å²) in [6.07, 6.45) is 1.09. The molecule has 0 saturated carbocycles. The minimum Gasteiger partial charge on any atom is -0.268 e. The maximum Gasteiger partial charge on any atom is 0.0384 e. The third-order valence-electron chi connectivity index (χ3n) is 2.54. The Kier molecular flexibility index (Phi) is 4.11. The van der Waals surface area contributed by atoms with Gasteiger partial charge in [-0.2, -0.15) is 0 Å². The third-order valence-corrected chi connectivity index (χ3v) is 2.54. The quantitative estimate of drug-likeness (QED) is 0.639. The molecule has 0 fully saturated rings. The molecule has 0 amide bonds. The lowest BCUT2D eigenvalue weighted by atomic mass is 9.96. The Morgan fingerprint density at radius 3 is 2.71 bits per heavy atom. The number of fused-ring (bicyclic) bond motifs is 1. The van der Waals surface area contributed by atoms with Gasteiger partial charge in [-0.1, -0.05) is 32.0 Å². The fraction of sp³-hybridized carbons (Fsp3) is 0.500. The van der Waals surface area contributed by atoms with E-state index in [2.05, 4.69) is 25.1 Å². The Balaban J connectivity index is 0.000000461. The molecule has 0 unspecified atom stereocenters. The lowest BCUT2D eigenvalue weighted by Crippen LogP contribution is -2.36. The summed E-state index contributed by atoms with van der Waals surface area (Å²) in [5.74, 6) is 5.75. The molecule has 1 heterocycles. The van der Waals surface area contributed by atoms with Crippen LogP contribution in [0.25, 0.3) is 0 Å². The first-order valence-corrected chi connectivity index (χ1v) is 5.34. The van der Waals surface area contributed by atoms with Gasteiger partial charge in [0.2, 0.25) is 0 Å². The van der Waals surface area contributed by atoms with Gasteiger partial charge in [-0.25, -0.2) is 5.01 Å². The van der Waals surface area contributed by atoms with Crippen molar-refractivity contribution in [3.8, 4) is 0 Å². The Morgan fingerprint density at radius 2 is 2.00 bits per heavy atom. The molecule has 2 heteroatoms. The predicted octanol–water partition coefficient (Wildman–Crippen LogP) is 2.25. The minimum atomic E-state index is 0.905. The Labute approximate surface area is 86.7 Å². The highest BCUT2D eigenvalue weighted by molar-refractivity contribution is 5.35. The molecule has 1 aliphatic heterocycles. The Hall–Kier alpha value is -0.860. The summed E-state index contributed by atoms with van der Waals surface area (Å²) in [4.78, 5) is 0. The molecule has 0 radical (unpaired) electrons. The van der Waals surface area contributed by atoms with Gasteiger partial charge in [0.05, 0.1) is 0 Å². The van der Waals surface area contributed by atoms with E-state index in [0.717, 1.165) is 19.5 Å².